The summed E-state index contributed by atoms with van der Waals surface area (Å²) >= 11 is 0. The normalized spacial score (nSPS) is 17.1. The van der Waals surface area contributed by atoms with Crippen LogP contribution in [0, 0.1) is 5.82 Å². The number of hydrogen-bond donors (Lipinski definition) is 2. The van der Waals surface area contributed by atoms with Gasteiger partial charge >= 0.3 is 7.12 Å². The van der Waals surface area contributed by atoms with Crippen LogP contribution in [0.15, 0.2) is 36.5 Å². The summed E-state index contributed by atoms with van der Waals surface area (Å²) in [5, 5.41) is 7.16. The number of hydrogen-bond acceptors (Lipinski definition) is 6. The van der Waals surface area contributed by atoms with E-state index in [4.69, 9.17) is 9.31 Å². The molecule has 0 saturated carbocycles. The molecule has 3 aromatic rings. The molecule has 12 heteroatoms. The van der Waals surface area contributed by atoms with E-state index in [2.05, 4.69) is 15.1 Å². The molecular weight excluding hydrogens is 474 g/mol. The highest BCUT2D eigenvalue weighted by molar-refractivity contribution is 7.92. The van der Waals surface area contributed by atoms with Gasteiger partial charge in [0.05, 0.1) is 39.9 Å². The van der Waals surface area contributed by atoms with Crippen LogP contribution in [-0.4, -0.2) is 55.1 Å². The van der Waals surface area contributed by atoms with E-state index in [0.717, 1.165) is 0 Å². The second-order valence-electron chi connectivity index (χ2n) is 9.38. The molecule has 0 atom stereocenters. The number of benzene rings is 1. The fraction of sp³-hybridized carbons (Fsp3) is 0.391. The zero-order valence-electron chi connectivity index (χ0n) is 20.5. The van der Waals surface area contributed by atoms with Crippen molar-refractivity contribution in [1.82, 2.24) is 14.9 Å². The maximum Gasteiger partial charge on any atom is 0.497 e. The van der Waals surface area contributed by atoms with Gasteiger partial charge in [0, 0.05) is 18.1 Å². The molecule has 35 heavy (non-hydrogen) atoms. The summed E-state index contributed by atoms with van der Waals surface area (Å²) in [6.07, 6.45) is 1.49. The van der Waals surface area contributed by atoms with Crippen molar-refractivity contribution in [3.63, 3.8) is 0 Å². The first-order valence-electron chi connectivity index (χ1n) is 11.2. The van der Waals surface area contributed by atoms with Gasteiger partial charge in [-0.2, -0.15) is 5.10 Å². The average Bonchev–Trinajstić information content (AvgIpc) is 3.25. The summed E-state index contributed by atoms with van der Waals surface area (Å²) in [7, 11) is -3.06. The summed E-state index contributed by atoms with van der Waals surface area (Å²) in [5.41, 5.74) is 0.788. The van der Waals surface area contributed by atoms with E-state index in [0.29, 0.717) is 22.2 Å². The number of aromatic nitrogens is 2. The standard InChI is InChI=1S/C23H28BFN4O5S/c1-7-35(31,32)28-17-13-29-18(12-16(17)24-33-22(2,3)23(4,5)34-24)19(21(30)26-6)20(27-29)14-8-10-15(25)11-9-14/h8-13,28H,7H2,1-6H3,(H,26,30). The second-order valence-corrected chi connectivity index (χ2v) is 11.4. The van der Waals surface area contributed by atoms with Crippen LogP contribution in [-0.2, 0) is 19.3 Å². The first-order chi connectivity index (χ1) is 16.3. The van der Waals surface area contributed by atoms with Crippen molar-refractivity contribution < 1.29 is 26.9 Å². The van der Waals surface area contributed by atoms with E-state index < -0.39 is 40.1 Å². The number of carbonyl (C=O) groups excluding carboxylic acids is 1. The number of anilines is 1. The fourth-order valence-electron chi connectivity index (χ4n) is 3.75. The van der Waals surface area contributed by atoms with E-state index in [1.165, 1.54) is 48.9 Å². The van der Waals surface area contributed by atoms with Gasteiger partial charge in [-0.25, -0.2) is 17.3 Å². The summed E-state index contributed by atoms with van der Waals surface area (Å²) in [6, 6.07) is 7.26. The van der Waals surface area contributed by atoms with Crippen LogP contribution < -0.4 is 15.5 Å². The SMILES string of the molecule is CCS(=O)(=O)Nc1cn2nc(-c3ccc(F)cc3)c(C(=O)NC)c2cc1B1OC(C)(C)C(C)(C)O1. The Morgan fingerprint density at radius 3 is 2.29 bits per heavy atom. The minimum atomic E-state index is -3.66. The number of nitrogens with one attached hydrogen (secondary N) is 2. The maximum atomic E-state index is 13.5. The van der Waals surface area contributed by atoms with Gasteiger partial charge < -0.3 is 14.6 Å². The fourth-order valence-corrected chi connectivity index (χ4v) is 4.40. The number of amides is 1. The summed E-state index contributed by atoms with van der Waals surface area (Å²) in [6.45, 7) is 9.09. The molecule has 1 saturated heterocycles. The smallest absolute Gasteiger partial charge is 0.399 e. The molecule has 3 heterocycles. The molecular formula is C23H28BFN4O5S. The number of fused-ring (bicyclic) bond motifs is 1. The van der Waals surface area contributed by atoms with E-state index in [9.17, 15) is 17.6 Å². The third kappa shape index (κ3) is 4.53. The molecule has 0 spiro atoms. The van der Waals surface area contributed by atoms with Crippen LogP contribution >= 0.6 is 0 Å². The molecule has 2 N–H and O–H groups in total. The third-order valence-corrected chi connectivity index (χ3v) is 7.82. The Morgan fingerprint density at radius 1 is 1.14 bits per heavy atom. The van der Waals surface area contributed by atoms with Gasteiger partial charge in [0.25, 0.3) is 5.91 Å². The summed E-state index contributed by atoms with van der Waals surface area (Å²) in [5.74, 6) is -0.962. The average molecular weight is 502 g/mol. The molecule has 186 valence electrons. The van der Waals surface area contributed by atoms with Crippen molar-refractivity contribution in [2.24, 2.45) is 0 Å². The lowest BCUT2D eigenvalue weighted by molar-refractivity contribution is 0.00578. The van der Waals surface area contributed by atoms with Gasteiger partial charge in [-0.05, 0) is 65.0 Å². The van der Waals surface area contributed by atoms with Gasteiger partial charge in [-0.1, -0.05) is 0 Å². The molecule has 0 unspecified atom stereocenters. The lowest BCUT2D eigenvalue weighted by Gasteiger charge is -2.32. The van der Waals surface area contributed by atoms with Crippen LogP contribution in [0.4, 0.5) is 10.1 Å². The molecule has 0 radical (unpaired) electrons. The molecule has 0 bridgehead atoms. The van der Waals surface area contributed by atoms with E-state index in [1.807, 2.05) is 27.7 Å². The number of nitrogens with zero attached hydrogens (tertiary/aromatic N) is 2. The Balaban J connectivity index is 1.98. The van der Waals surface area contributed by atoms with Gasteiger partial charge in [-0.15, -0.1) is 0 Å². The highest BCUT2D eigenvalue weighted by Gasteiger charge is 2.52. The zero-order chi connectivity index (χ0) is 25.8. The summed E-state index contributed by atoms with van der Waals surface area (Å²) < 4.78 is 54.9. The molecule has 2 aromatic heterocycles. The van der Waals surface area contributed by atoms with Crippen molar-refractivity contribution in [3.8, 4) is 11.3 Å². The van der Waals surface area contributed by atoms with Crippen molar-refractivity contribution in [3.05, 3.63) is 47.9 Å². The predicted octanol–water partition coefficient (Wildman–Crippen LogP) is 2.56. The first kappa shape index (κ1) is 25.1. The number of halogens is 1. The number of sulfonamides is 1. The van der Waals surface area contributed by atoms with Crippen LogP contribution in [0.1, 0.15) is 45.0 Å². The lowest BCUT2D eigenvalue weighted by atomic mass is 9.78. The van der Waals surface area contributed by atoms with Crippen LogP contribution in [0.2, 0.25) is 0 Å². The van der Waals surface area contributed by atoms with Crippen LogP contribution in [0.25, 0.3) is 16.8 Å². The van der Waals surface area contributed by atoms with Crippen molar-refractivity contribution in [1.29, 1.82) is 0 Å². The topological polar surface area (TPSA) is 111 Å². The minimum Gasteiger partial charge on any atom is -0.399 e. The van der Waals surface area contributed by atoms with Gasteiger partial charge in [-0.3, -0.25) is 9.52 Å². The second kappa shape index (κ2) is 8.61. The first-order valence-corrected chi connectivity index (χ1v) is 12.8. The Labute approximate surface area is 204 Å². The molecule has 9 nitrogen and oxygen atoms in total. The third-order valence-electron chi connectivity index (χ3n) is 6.53. The summed E-state index contributed by atoms with van der Waals surface area (Å²) in [4.78, 5) is 12.9. The molecule has 1 aromatic carbocycles. The van der Waals surface area contributed by atoms with Crippen molar-refractivity contribution in [2.75, 3.05) is 17.5 Å². The highest BCUT2D eigenvalue weighted by atomic mass is 32.2. The minimum absolute atomic E-state index is 0.142. The molecule has 4 rings (SSSR count). The largest absolute Gasteiger partial charge is 0.497 e. The van der Waals surface area contributed by atoms with E-state index in [1.54, 1.807) is 6.07 Å². The zero-order valence-corrected chi connectivity index (χ0v) is 21.3. The van der Waals surface area contributed by atoms with Crippen LogP contribution in [0.3, 0.4) is 0 Å². The monoisotopic (exact) mass is 502 g/mol. The van der Waals surface area contributed by atoms with Crippen molar-refractivity contribution in [2.45, 2.75) is 45.8 Å². The molecule has 1 amide bonds. The Bertz CT molecular complexity index is 1390. The van der Waals surface area contributed by atoms with E-state index in [-0.39, 0.29) is 17.0 Å². The number of rotatable bonds is 6. The predicted molar refractivity (Wildman–Crippen MR) is 133 cm³/mol. The number of carbonyl (C=O) groups is 1. The van der Waals surface area contributed by atoms with E-state index >= 15 is 0 Å². The molecule has 1 aliphatic rings. The number of pyridine rings is 1. The van der Waals surface area contributed by atoms with Gasteiger partial charge in [0.2, 0.25) is 10.0 Å². The quantitative estimate of drug-likeness (QED) is 0.502. The Hall–Kier alpha value is -2.96. The molecule has 1 aliphatic heterocycles. The van der Waals surface area contributed by atoms with Gasteiger partial charge in [0.1, 0.15) is 11.5 Å². The highest BCUT2D eigenvalue weighted by Crippen LogP contribution is 2.37. The maximum absolute atomic E-state index is 13.5. The molecule has 1 fully saturated rings. The van der Waals surface area contributed by atoms with Gasteiger partial charge in [0.15, 0.2) is 0 Å². The van der Waals surface area contributed by atoms with Crippen molar-refractivity contribution >= 4 is 39.7 Å². The Morgan fingerprint density at radius 2 is 1.74 bits per heavy atom. The lowest BCUT2D eigenvalue weighted by Crippen LogP contribution is -2.41. The van der Waals surface area contributed by atoms with Crippen LogP contribution in [0.5, 0.6) is 0 Å². The molecule has 0 aliphatic carbocycles. The Kier molecular flexibility index (Phi) is 6.19.